The van der Waals surface area contributed by atoms with Gasteiger partial charge < -0.3 is 10.5 Å². The monoisotopic (exact) mass is 272 g/mol. The molecule has 0 atom stereocenters. The zero-order valence-electron chi connectivity index (χ0n) is 11.0. The van der Waals surface area contributed by atoms with E-state index in [1.165, 1.54) is 12.3 Å². The fraction of sp³-hybridized carbons (Fsp3) is 0.583. The average Bonchev–Trinajstić information content (AvgIpc) is 2.35. The summed E-state index contributed by atoms with van der Waals surface area (Å²) in [6, 6.07) is 3.05. The van der Waals surface area contributed by atoms with E-state index in [2.05, 4.69) is 4.98 Å². The fourth-order valence-electron chi connectivity index (χ4n) is 1.43. The van der Waals surface area contributed by atoms with Gasteiger partial charge in [-0.05, 0) is 25.0 Å². The molecule has 0 saturated carbocycles. The molecule has 0 saturated heterocycles. The van der Waals surface area contributed by atoms with Crippen molar-refractivity contribution < 1.29 is 13.2 Å². The second kappa shape index (κ2) is 5.67. The lowest BCUT2D eigenvalue weighted by Gasteiger charge is -2.26. The van der Waals surface area contributed by atoms with E-state index >= 15 is 0 Å². The highest BCUT2D eigenvalue weighted by atomic mass is 32.2. The number of sulfone groups is 1. The Morgan fingerprint density at radius 1 is 1.39 bits per heavy atom. The van der Waals surface area contributed by atoms with Crippen molar-refractivity contribution >= 4 is 9.84 Å². The van der Waals surface area contributed by atoms with E-state index in [-0.39, 0.29) is 17.4 Å². The maximum absolute atomic E-state index is 11.6. The second-order valence-electron chi connectivity index (χ2n) is 4.44. The summed E-state index contributed by atoms with van der Waals surface area (Å²) in [7, 11) is -3.34. The van der Waals surface area contributed by atoms with E-state index in [4.69, 9.17) is 10.5 Å². The Hall–Kier alpha value is -1.14. The number of hydrogen-bond donors (Lipinski definition) is 1. The summed E-state index contributed by atoms with van der Waals surface area (Å²) in [5.74, 6) is 0.122. The van der Waals surface area contributed by atoms with Crippen LogP contribution in [-0.4, -0.2) is 31.8 Å². The molecule has 0 aliphatic heterocycles. The predicted molar refractivity (Wildman–Crippen MR) is 70.3 cm³/mol. The van der Waals surface area contributed by atoms with Gasteiger partial charge in [0.15, 0.2) is 9.84 Å². The van der Waals surface area contributed by atoms with Crippen molar-refractivity contribution in [2.45, 2.75) is 37.1 Å². The standard InChI is InChI=1S/C12H20N2O3S/c1-4-12(13,5-2)9-17-11-10(18(3,15)16)7-6-8-14-11/h6-8H,4-5,9,13H2,1-3H3. The maximum Gasteiger partial charge on any atom is 0.232 e. The van der Waals surface area contributed by atoms with Gasteiger partial charge in [0.25, 0.3) is 0 Å². The molecule has 1 heterocycles. The SMILES string of the molecule is CCC(N)(CC)COc1ncccc1S(C)(=O)=O. The van der Waals surface area contributed by atoms with Crippen LogP contribution in [0.1, 0.15) is 26.7 Å². The number of pyridine rings is 1. The Morgan fingerprint density at radius 3 is 2.50 bits per heavy atom. The highest BCUT2D eigenvalue weighted by molar-refractivity contribution is 7.90. The van der Waals surface area contributed by atoms with Crippen molar-refractivity contribution in [3.63, 3.8) is 0 Å². The molecule has 6 heteroatoms. The minimum Gasteiger partial charge on any atom is -0.475 e. The van der Waals surface area contributed by atoms with E-state index in [0.717, 1.165) is 19.1 Å². The third kappa shape index (κ3) is 3.68. The summed E-state index contributed by atoms with van der Waals surface area (Å²) in [4.78, 5) is 4.06. The topological polar surface area (TPSA) is 82.3 Å². The smallest absolute Gasteiger partial charge is 0.232 e. The summed E-state index contributed by atoms with van der Waals surface area (Å²) in [5, 5.41) is 0. The number of nitrogens with two attached hydrogens (primary N) is 1. The molecule has 0 aliphatic carbocycles. The summed E-state index contributed by atoms with van der Waals surface area (Å²) >= 11 is 0. The summed E-state index contributed by atoms with van der Waals surface area (Å²) in [6.45, 7) is 4.20. The highest BCUT2D eigenvalue weighted by Crippen LogP contribution is 2.22. The Balaban J connectivity index is 2.93. The van der Waals surface area contributed by atoms with Crippen molar-refractivity contribution in [2.24, 2.45) is 5.73 Å². The molecule has 5 nitrogen and oxygen atoms in total. The van der Waals surface area contributed by atoms with E-state index in [9.17, 15) is 8.42 Å². The molecule has 18 heavy (non-hydrogen) atoms. The molecular formula is C12H20N2O3S. The lowest BCUT2D eigenvalue weighted by molar-refractivity contribution is 0.196. The Labute approximate surface area is 108 Å². The second-order valence-corrected chi connectivity index (χ2v) is 6.42. The van der Waals surface area contributed by atoms with Crippen LogP contribution in [0.3, 0.4) is 0 Å². The molecule has 0 aliphatic rings. The van der Waals surface area contributed by atoms with Gasteiger partial charge in [-0.3, -0.25) is 0 Å². The molecule has 102 valence electrons. The van der Waals surface area contributed by atoms with Crippen LogP contribution in [0.2, 0.25) is 0 Å². The van der Waals surface area contributed by atoms with Crippen LogP contribution in [0.5, 0.6) is 5.88 Å². The van der Waals surface area contributed by atoms with Crippen LogP contribution in [0.25, 0.3) is 0 Å². The van der Waals surface area contributed by atoms with Gasteiger partial charge in [0.2, 0.25) is 5.88 Å². The molecular weight excluding hydrogens is 252 g/mol. The van der Waals surface area contributed by atoms with Crippen LogP contribution >= 0.6 is 0 Å². The van der Waals surface area contributed by atoms with Gasteiger partial charge in [-0.2, -0.15) is 0 Å². The first kappa shape index (κ1) is 14.9. The maximum atomic E-state index is 11.6. The Morgan fingerprint density at radius 2 is 2.00 bits per heavy atom. The molecule has 0 bridgehead atoms. The number of rotatable bonds is 6. The Kier molecular flexibility index (Phi) is 4.70. The van der Waals surface area contributed by atoms with Gasteiger partial charge in [0.1, 0.15) is 11.5 Å². The summed E-state index contributed by atoms with van der Waals surface area (Å²) in [5.41, 5.74) is 5.65. The molecule has 0 unspecified atom stereocenters. The van der Waals surface area contributed by atoms with Gasteiger partial charge in [0.05, 0.1) is 0 Å². The molecule has 2 N–H and O–H groups in total. The fourth-order valence-corrected chi connectivity index (χ4v) is 2.19. The first-order chi connectivity index (χ1) is 8.32. The molecule has 1 aromatic heterocycles. The minimum atomic E-state index is -3.34. The summed E-state index contributed by atoms with van der Waals surface area (Å²) < 4.78 is 28.6. The van der Waals surface area contributed by atoms with Crippen LogP contribution < -0.4 is 10.5 Å². The quantitative estimate of drug-likeness (QED) is 0.846. The zero-order valence-corrected chi connectivity index (χ0v) is 11.8. The first-order valence-electron chi connectivity index (χ1n) is 5.89. The molecule has 0 spiro atoms. The van der Waals surface area contributed by atoms with Crippen LogP contribution in [-0.2, 0) is 9.84 Å². The number of hydrogen-bond acceptors (Lipinski definition) is 5. The molecule has 0 radical (unpaired) electrons. The third-order valence-corrected chi connectivity index (χ3v) is 4.15. The first-order valence-corrected chi connectivity index (χ1v) is 7.78. The third-order valence-electron chi connectivity index (χ3n) is 3.04. The van der Waals surface area contributed by atoms with Gasteiger partial charge in [-0.25, -0.2) is 13.4 Å². The predicted octanol–water partition coefficient (Wildman–Crippen LogP) is 1.38. The lowest BCUT2D eigenvalue weighted by Crippen LogP contribution is -2.44. The van der Waals surface area contributed by atoms with E-state index in [1.807, 2.05) is 13.8 Å². The van der Waals surface area contributed by atoms with Crippen molar-refractivity contribution in [3.05, 3.63) is 18.3 Å². The minimum absolute atomic E-state index is 0.0968. The van der Waals surface area contributed by atoms with E-state index in [1.54, 1.807) is 6.07 Å². The average molecular weight is 272 g/mol. The normalized spacial score (nSPS) is 12.4. The van der Waals surface area contributed by atoms with Gasteiger partial charge in [-0.15, -0.1) is 0 Å². The van der Waals surface area contributed by atoms with Gasteiger partial charge >= 0.3 is 0 Å². The number of ether oxygens (including phenoxy) is 1. The van der Waals surface area contributed by atoms with Crippen LogP contribution in [0, 0.1) is 0 Å². The molecule has 0 aromatic carbocycles. The highest BCUT2D eigenvalue weighted by Gasteiger charge is 2.23. The van der Waals surface area contributed by atoms with Crippen molar-refractivity contribution in [1.29, 1.82) is 0 Å². The molecule has 0 amide bonds. The zero-order chi connectivity index (χ0) is 13.8. The van der Waals surface area contributed by atoms with Crippen molar-refractivity contribution in [1.82, 2.24) is 4.98 Å². The van der Waals surface area contributed by atoms with Crippen molar-refractivity contribution in [3.8, 4) is 5.88 Å². The molecule has 1 rings (SSSR count). The largest absolute Gasteiger partial charge is 0.475 e. The lowest BCUT2D eigenvalue weighted by atomic mass is 9.96. The molecule has 0 fully saturated rings. The number of nitrogens with zero attached hydrogens (tertiary/aromatic N) is 1. The number of aromatic nitrogens is 1. The van der Waals surface area contributed by atoms with E-state index < -0.39 is 15.4 Å². The van der Waals surface area contributed by atoms with Crippen LogP contribution in [0.15, 0.2) is 23.2 Å². The summed E-state index contributed by atoms with van der Waals surface area (Å²) in [6.07, 6.45) is 4.14. The van der Waals surface area contributed by atoms with E-state index in [0.29, 0.717) is 0 Å². The van der Waals surface area contributed by atoms with Crippen molar-refractivity contribution in [2.75, 3.05) is 12.9 Å². The molecule has 1 aromatic rings. The van der Waals surface area contributed by atoms with Gasteiger partial charge in [0, 0.05) is 18.0 Å². The van der Waals surface area contributed by atoms with Gasteiger partial charge in [-0.1, -0.05) is 13.8 Å². The Bertz CT molecular complexity index is 496. The van der Waals surface area contributed by atoms with Crippen LogP contribution in [0.4, 0.5) is 0 Å².